The van der Waals surface area contributed by atoms with E-state index in [1.807, 2.05) is 18.2 Å². The Morgan fingerprint density at radius 2 is 2.14 bits per heavy atom. The Bertz CT molecular complexity index is 510. The van der Waals surface area contributed by atoms with E-state index in [1.165, 1.54) is 12.8 Å². The van der Waals surface area contributed by atoms with Crippen molar-refractivity contribution < 1.29 is 9.53 Å². The van der Waals surface area contributed by atoms with Crippen molar-refractivity contribution in [2.75, 3.05) is 13.1 Å². The predicted molar refractivity (Wildman–Crippen MR) is 80.3 cm³/mol. The fourth-order valence-electron chi connectivity index (χ4n) is 3.46. The Balaban J connectivity index is 1.45. The Labute approximate surface area is 125 Å². The number of fused-ring (bicyclic) bond motifs is 1. The lowest BCUT2D eigenvalue weighted by Crippen LogP contribution is -2.47. The molecule has 0 radical (unpaired) electrons. The predicted octanol–water partition coefficient (Wildman–Crippen LogP) is 1.73. The summed E-state index contributed by atoms with van der Waals surface area (Å²) in [5, 5.41) is 3.50. The first kappa shape index (κ1) is 13.1. The summed E-state index contributed by atoms with van der Waals surface area (Å²) in [6.07, 6.45) is 5.11. The maximum absolute atomic E-state index is 12.9. The molecule has 2 unspecified atom stereocenters. The zero-order valence-electron chi connectivity index (χ0n) is 12.3. The normalized spacial score (nSPS) is 27.2. The van der Waals surface area contributed by atoms with Crippen LogP contribution in [-0.2, 0) is 11.2 Å². The Morgan fingerprint density at radius 3 is 2.86 bits per heavy atom. The molecule has 1 aromatic rings. The number of para-hydroxylation sites is 1. The maximum Gasteiger partial charge on any atom is 0.264 e. The van der Waals surface area contributed by atoms with Crippen LogP contribution in [0.2, 0.25) is 0 Å². The Kier molecular flexibility index (Phi) is 3.34. The summed E-state index contributed by atoms with van der Waals surface area (Å²) in [6, 6.07) is 8.92. The van der Waals surface area contributed by atoms with Crippen LogP contribution in [0.4, 0.5) is 0 Å². The number of amides is 1. The van der Waals surface area contributed by atoms with E-state index in [0.717, 1.165) is 43.7 Å². The highest BCUT2D eigenvalue weighted by Crippen LogP contribution is 2.33. The molecule has 0 bridgehead atoms. The van der Waals surface area contributed by atoms with E-state index in [4.69, 9.17) is 4.74 Å². The molecule has 4 rings (SSSR count). The van der Waals surface area contributed by atoms with Gasteiger partial charge in [-0.1, -0.05) is 18.2 Å². The van der Waals surface area contributed by atoms with Gasteiger partial charge in [-0.2, -0.15) is 0 Å². The van der Waals surface area contributed by atoms with Gasteiger partial charge in [0.15, 0.2) is 6.10 Å². The first-order chi connectivity index (χ1) is 10.3. The number of rotatable bonds is 4. The molecule has 21 heavy (non-hydrogen) atoms. The number of hydrogen-bond acceptors (Lipinski definition) is 3. The van der Waals surface area contributed by atoms with E-state index >= 15 is 0 Å². The molecule has 1 aliphatic carbocycles. The van der Waals surface area contributed by atoms with Crippen LogP contribution in [-0.4, -0.2) is 42.1 Å². The van der Waals surface area contributed by atoms with Crippen LogP contribution in [0.3, 0.4) is 0 Å². The number of carbonyl (C=O) groups excluding carboxylic acids is 1. The molecule has 0 aromatic heterocycles. The van der Waals surface area contributed by atoms with Gasteiger partial charge in [-0.05, 0) is 43.9 Å². The lowest BCUT2D eigenvalue weighted by molar-refractivity contribution is -0.138. The van der Waals surface area contributed by atoms with E-state index in [1.54, 1.807) is 0 Å². The van der Waals surface area contributed by atoms with Gasteiger partial charge in [-0.15, -0.1) is 0 Å². The number of nitrogens with one attached hydrogen (secondary N) is 1. The third-order valence-electron chi connectivity index (χ3n) is 4.77. The molecule has 4 nitrogen and oxygen atoms in total. The first-order valence-electron chi connectivity index (χ1n) is 8.10. The highest BCUT2D eigenvalue weighted by Gasteiger charge is 2.40. The minimum Gasteiger partial charge on any atom is -0.480 e. The summed E-state index contributed by atoms with van der Waals surface area (Å²) in [5.41, 5.74) is 1.16. The average molecular weight is 286 g/mol. The lowest BCUT2D eigenvalue weighted by Gasteiger charge is -2.28. The van der Waals surface area contributed by atoms with E-state index < -0.39 is 0 Å². The van der Waals surface area contributed by atoms with Crippen LogP contribution in [0.15, 0.2) is 24.3 Å². The molecule has 4 heteroatoms. The molecule has 2 atom stereocenters. The van der Waals surface area contributed by atoms with Crippen LogP contribution < -0.4 is 10.1 Å². The smallest absolute Gasteiger partial charge is 0.264 e. The quantitative estimate of drug-likeness (QED) is 0.916. The van der Waals surface area contributed by atoms with Gasteiger partial charge in [-0.25, -0.2) is 0 Å². The zero-order chi connectivity index (χ0) is 14.2. The molecule has 2 heterocycles. The monoisotopic (exact) mass is 286 g/mol. The molecule has 3 aliphatic rings. The number of carbonyl (C=O) groups is 1. The summed E-state index contributed by atoms with van der Waals surface area (Å²) in [7, 11) is 0. The van der Waals surface area contributed by atoms with E-state index in [9.17, 15) is 4.79 Å². The molecule has 1 saturated heterocycles. The molecule has 2 aliphatic heterocycles. The molecule has 1 aromatic carbocycles. The molecule has 112 valence electrons. The number of nitrogens with zero attached hydrogens (tertiary/aromatic N) is 1. The van der Waals surface area contributed by atoms with Gasteiger partial charge in [0.05, 0.1) is 0 Å². The number of ether oxygens (including phenoxy) is 1. The van der Waals surface area contributed by atoms with Gasteiger partial charge in [0.2, 0.25) is 0 Å². The summed E-state index contributed by atoms with van der Waals surface area (Å²) in [6.45, 7) is 1.93. The highest BCUT2D eigenvalue weighted by atomic mass is 16.5. The highest BCUT2D eigenvalue weighted by molar-refractivity contribution is 5.83. The lowest BCUT2D eigenvalue weighted by atomic mass is 10.1. The van der Waals surface area contributed by atoms with E-state index in [0.29, 0.717) is 12.1 Å². The van der Waals surface area contributed by atoms with Crippen molar-refractivity contribution >= 4 is 5.91 Å². The fraction of sp³-hybridized carbons (Fsp3) is 0.588. The Hall–Kier alpha value is -1.55. The molecule has 2 fully saturated rings. The van der Waals surface area contributed by atoms with Gasteiger partial charge in [0, 0.05) is 25.0 Å². The minimum absolute atomic E-state index is 0.183. The average Bonchev–Trinajstić information content (AvgIpc) is 3.04. The minimum atomic E-state index is -0.315. The van der Waals surface area contributed by atoms with Crippen molar-refractivity contribution in [3.63, 3.8) is 0 Å². The SMILES string of the molecule is O=C(C1Cc2ccccc2O1)N(CC1CCCN1)C1CC1. The molecular formula is C17H22N2O2. The summed E-state index contributed by atoms with van der Waals surface area (Å²) in [4.78, 5) is 14.9. The van der Waals surface area contributed by atoms with Gasteiger partial charge in [0.25, 0.3) is 5.91 Å². The van der Waals surface area contributed by atoms with Crippen molar-refractivity contribution in [2.45, 2.75) is 50.3 Å². The number of benzene rings is 1. The Morgan fingerprint density at radius 1 is 1.29 bits per heavy atom. The van der Waals surface area contributed by atoms with Crippen LogP contribution in [0.5, 0.6) is 5.75 Å². The van der Waals surface area contributed by atoms with Gasteiger partial charge >= 0.3 is 0 Å². The first-order valence-corrected chi connectivity index (χ1v) is 8.10. The van der Waals surface area contributed by atoms with E-state index in [-0.39, 0.29) is 12.0 Å². The van der Waals surface area contributed by atoms with Crippen molar-refractivity contribution in [2.24, 2.45) is 0 Å². The second-order valence-corrected chi connectivity index (χ2v) is 6.43. The van der Waals surface area contributed by atoms with Crippen LogP contribution >= 0.6 is 0 Å². The third-order valence-corrected chi connectivity index (χ3v) is 4.77. The summed E-state index contributed by atoms with van der Waals surface area (Å²) in [5.74, 6) is 1.06. The molecule has 1 amide bonds. The van der Waals surface area contributed by atoms with E-state index in [2.05, 4.69) is 16.3 Å². The van der Waals surface area contributed by atoms with Crippen molar-refractivity contribution in [3.05, 3.63) is 29.8 Å². The van der Waals surface area contributed by atoms with Crippen molar-refractivity contribution in [3.8, 4) is 5.75 Å². The largest absolute Gasteiger partial charge is 0.480 e. The molecular weight excluding hydrogens is 264 g/mol. The summed E-state index contributed by atoms with van der Waals surface area (Å²) < 4.78 is 5.88. The summed E-state index contributed by atoms with van der Waals surface area (Å²) >= 11 is 0. The van der Waals surface area contributed by atoms with Crippen LogP contribution in [0.25, 0.3) is 0 Å². The van der Waals surface area contributed by atoms with Crippen molar-refractivity contribution in [1.82, 2.24) is 10.2 Å². The van der Waals surface area contributed by atoms with Crippen molar-refractivity contribution in [1.29, 1.82) is 0 Å². The third kappa shape index (κ3) is 2.64. The van der Waals surface area contributed by atoms with Gasteiger partial charge < -0.3 is 15.0 Å². The topological polar surface area (TPSA) is 41.6 Å². The fourth-order valence-corrected chi connectivity index (χ4v) is 3.46. The van der Waals surface area contributed by atoms with Gasteiger partial charge in [-0.3, -0.25) is 4.79 Å². The second-order valence-electron chi connectivity index (χ2n) is 6.43. The number of hydrogen-bond donors (Lipinski definition) is 1. The van der Waals surface area contributed by atoms with Gasteiger partial charge in [0.1, 0.15) is 5.75 Å². The molecule has 1 saturated carbocycles. The standard InChI is InChI=1S/C17H22N2O2/c20-17(16-10-12-4-1-2-6-15(12)21-16)19(14-7-8-14)11-13-5-3-9-18-13/h1-2,4,6,13-14,16,18H,3,5,7-11H2. The molecule has 1 N–H and O–H groups in total. The van der Waals surface area contributed by atoms with Crippen LogP contribution in [0.1, 0.15) is 31.2 Å². The van der Waals surface area contributed by atoms with Crippen LogP contribution in [0, 0.1) is 0 Å². The maximum atomic E-state index is 12.9. The second kappa shape index (κ2) is 5.34. The molecule has 0 spiro atoms. The zero-order valence-corrected chi connectivity index (χ0v) is 12.3.